The van der Waals surface area contributed by atoms with Crippen molar-refractivity contribution < 1.29 is 9.53 Å². The first kappa shape index (κ1) is 26.3. The van der Waals surface area contributed by atoms with E-state index in [9.17, 15) is 4.79 Å². The molecule has 4 saturated carbocycles. The minimum absolute atomic E-state index is 0.0649. The summed E-state index contributed by atoms with van der Waals surface area (Å²) in [5.74, 6) is 4.00. The number of carbonyl (C=O) groups is 1. The molecule has 0 heterocycles. The van der Waals surface area contributed by atoms with Crippen LogP contribution in [0.25, 0.3) is 0 Å². The van der Waals surface area contributed by atoms with Crippen molar-refractivity contribution in [2.45, 2.75) is 133 Å². The molecule has 0 saturated heterocycles. The smallest absolute Gasteiger partial charge is 0.302 e. The fourth-order valence-electron chi connectivity index (χ4n) is 10.7. The van der Waals surface area contributed by atoms with Crippen molar-refractivity contribution in [1.29, 1.82) is 0 Å². The number of rotatable bonds is 5. The molecular formula is C32H54O2. The zero-order valence-corrected chi connectivity index (χ0v) is 23.9. The summed E-state index contributed by atoms with van der Waals surface area (Å²) >= 11 is 0. The maximum absolute atomic E-state index is 11.8. The van der Waals surface area contributed by atoms with E-state index in [-0.39, 0.29) is 17.5 Å². The Labute approximate surface area is 211 Å². The maximum Gasteiger partial charge on any atom is 0.302 e. The fourth-order valence-corrected chi connectivity index (χ4v) is 10.7. The Kier molecular flexibility index (Phi) is 6.92. The van der Waals surface area contributed by atoms with E-state index < -0.39 is 0 Å². The molecule has 34 heavy (non-hydrogen) atoms. The molecule has 0 amide bonds. The largest absolute Gasteiger partial charge is 0.462 e. The maximum atomic E-state index is 11.8. The van der Waals surface area contributed by atoms with E-state index in [1.807, 2.05) is 0 Å². The number of hydrogen-bond donors (Lipinski definition) is 0. The molecule has 194 valence electrons. The molecule has 0 aromatic carbocycles. The lowest BCUT2D eigenvalue weighted by molar-refractivity contribution is -0.227. The van der Waals surface area contributed by atoms with Crippen molar-refractivity contribution in [2.75, 3.05) is 0 Å². The van der Waals surface area contributed by atoms with Crippen molar-refractivity contribution in [2.24, 2.45) is 51.2 Å². The molecule has 0 aromatic rings. The van der Waals surface area contributed by atoms with Crippen molar-refractivity contribution >= 4 is 5.97 Å². The lowest BCUT2D eigenvalue weighted by Crippen LogP contribution is -2.64. The first-order valence-corrected chi connectivity index (χ1v) is 14.6. The quantitative estimate of drug-likeness (QED) is 0.296. The van der Waals surface area contributed by atoms with E-state index in [1.54, 1.807) is 6.92 Å². The second-order valence-corrected chi connectivity index (χ2v) is 14.7. The number of hydrogen-bond acceptors (Lipinski definition) is 2. The molecule has 4 fully saturated rings. The molecule has 4 rings (SSSR count). The summed E-state index contributed by atoms with van der Waals surface area (Å²) in [5.41, 5.74) is 2.83. The average Bonchev–Trinajstić information content (AvgIpc) is 3.08. The van der Waals surface area contributed by atoms with Crippen LogP contribution in [-0.2, 0) is 9.53 Å². The molecule has 0 aromatic heterocycles. The first-order valence-electron chi connectivity index (χ1n) is 14.6. The van der Waals surface area contributed by atoms with Crippen molar-refractivity contribution in [3.63, 3.8) is 0 Å². The van der Waals surface area contributed by atoms with Gasteiger partial charge in [-0.05, 0) is 124 Å². The Morgan fingerprint density at radius 1 is 0.882 bits per heavy atom. The number of carbonyl (C=O) groups excluding carboxylic acids is 1. The van der Waals surface area contributed by atoms with E-state index in [0.717, 1.165) is 30.1 Å². The normalized spacial score (nSPS) is 46.0. The third-order valence-electron chi connectivity index (χ3n) is 12.6. The summed E-state index contributed by atoms with van der Waals surface area (Å²) in [5, 5.41) is 0. The van der Waals surface area contributed by atoms with Crippen molar-refractivity contribution in [3.05, 3.63) is 11.6 Å². The predicted octanol–water partition coefficient (Wildman–Crippen LogP) is 8.99. The molecule has 2 heteroatoms. The highest BCUT2D eigenvalue weighted by Gasteiger charge is 2.68. The van der Waals surface area contributed by atoms with E-state index in [4.69, 9.17) is 4.74 Å². The second kappa shape index (κ2) is 8.95. The summed E-state index contributed by atoms with van der Waals surface area (Å²) < 4.78 is 5.90. The summed E-state index contributed by atoms with van der Waals surface area (Å²) in [6, 6.07) is 0. The van der Waals surface area contributed by atoms with Gasteiger partial charge >= 0.3 is 5.97 Å². The fraction of sp³-hybridized carbons (Fsp3) is 0.906. The molecule has 1 unspecified atom stereocenters. The molecule has 4 aliphatic carbocycles. The van der Waals surface area contributed by atoms with Gasteiger partial charge in [-0.3, -0.25) is 4.79 Å². The van der Waals surface area contributed by atoms with Crippen LogP contribution in [0.15, 0.2) is 11.6 Å². The molecule has 0 radical (unpaired) electrons. The van der Waals surface area contributed by atoms with Gasteiger partial charge in [0.15, 0.2) is 0 Å². The van der Waals surface area contributed by atoms with Crippen LogP contribution in [0.2, 0.25) is 0 Å². The minimum atomic E-state index is -0.106. The number of ether oxygens (including phenoxy) is 1. The Hall–Kier alpha value is -0.790. The zero-order chi connectivity index (χ0) is 25.1. The van der Waals surface area contributed by atoms with Crippen LogP contribution in [0.3, 0.4) is 0 Å². The standard InChI is InChI=1S/C32H54O2/c1-21(2)11-10-12-22(3)24-15-19-31(8)25(24)13-14-27-30(7)18-17-28(34-23(4)33)29(5,6)26(30)16-20-32(27,31)9/h11,22,24-28H,10,12-20H2,1-9H3/t22-,24-,25+,26?,27-,28+,30+,31+,32-/m1/s1. The van der Waals surface area contributed by atoms with Gasteiger partial charge in [-0.15, -0.1) is 0 Å². The van der Waals surface area contributed by atoms with Gasteiger partial charge in [-0.2, -0.15) is 0 Å². The molecule has 0 bridgehead atoms. The number of fused-ring (bicyclic) bond motifs is 5. The Morgan fingerprint density at radius 2 is 1.56 bits per heavy atom. The number of esters is 1. The monoisotopic (exact) mass is 470 g/mol. The van der Waals surface area contributed by atoms with E-state index in [0.29, 0.717) is 22.2 Å². The average molecular weight is 471 g/mol. The summed E-state index contributed by atoms with van der Waals surface area (Å²) in [7, 11) is 0. The highest BCUT2D eigenvalue weighted by atomic mass is 16.5. The summed E-state index contributed by atoms with van der Waals surface area (Å²) in [6.45, 7) is 21.5. The third kappa shape index (κ3) is 3.92. The summed E-state index contributed by atoms with van der Waals surface area (Å²) in [6.07, 6.45) is 15.8. The Morgan fingerprint density at radius 3 is 2.21 bits per heavy atom. The van der Waals surface area contributed by atoms with Crippen LogP contribution in [0.4, 0.5) is 0 Å². The molecule has 0 aliphatic heterocycles. The van der Waals surface area contributed by atoms with Gasteiger partial charge in [0.2, 0.25) is 0 Å². The van der Waals surface area contributed by atoms with Crippen LogP contribution in [0.5, 0.6) is 0 Å². The topological polar surface area (TPSA) is 26.3 Å². The van der Waals surface area contributed by atoms with Crippen LogP contribution >= 0.6 is 0 Å². The Balaban J connectivity index is 1.57. The highest BCUT2D eigenvalue weighted by molar-refractivity contribution is 5.66. The van der Waals surface area contributed by atoms with Crippen molar-refractivity contribution in [1.82, 2.24) is 0 Å². The molecule has 9 atom stereocenters. The van der Waals surface area contributed by atoms with Crippen LogP contribution in [-0.4, -0.2) is 12.1 Å². The van der Waals surface area contributed by atoms with Crippen LogP contribution in [0, 0.1) is 51.2 Å². The van der Waals surface area contributed by atoms with Gasteiger partial charge in [-0.1, -0.05) is 53.2 Å². The number of allylic oxidation sites excluding steroid dienone is 2. The lowest BCUT2D eigenvalue weighted by Gasteiger charge is -2.70. The first-order chi connectivity index (χ1) is 15.8. The van der Waals surface area contributed by atoms with Gasteiger partial charge in [0.05, 0.1) is 0 Å². The Bertz CT molecular complexity index is 806. The van der Waals surface area contributed by atoms with Crippen LogP contribution in [0.1, 0.15) is 127 Å². The summed E-state index contributed by atoms with van der Waals surface area (Å²) in [4.78, 5) is 11.8. The molecular weight excluding hydrogens is 416 g/mol. The minimum Gasteiger partial charge on any atom is -0.462 e. The van der Waals surface area contributed by atoms with Gasteiger partial charge in [-0.25, -0.2) is 0 Å². The van der Waals surface area contributed by atoms with E-state index in [2.05, 4.69) is 61.5 Å². The molecule has 0 N–H and O–H groups in total. The zero-order valence-electron chi connectivity index (χ0n) is 23.9. The van der Waals surface area contributed by atoms with E-state index in [1.165, 1.54) is 63.4 Å². The van der Waals surface area contributed by atoms with Gasteiger partial charge < -0.3 is 4.74 Å². The van der Waals surface area contributed by atoms with Crippen molar-refractivity contribution in [3.8, 4) is 0 Å². The van der Waals surface area contributed by atoms with Gasteiger partial charge in [0, 0.05) is 12.3 Å². The molecule has 0 spiro atoms. The van der Waals surface area contributed by atoms with Crippen LogP contribution < -0.4 is 0 Å². The van der Waals surface area contributed by atoms with Gasteiger partial charge in [0.25, 0.3) is 0 Å². The predicted molar refractivity (Wildman–Crippen MR) is 142 cm³/mol. The van der Waals surface area contributed by atoms with E-state index >= 15 is 0 Å². The SMILES string of the molecule is CC(=O)O[C@H]1CC[C@@]2(C)C(CC[C@]3(C)[C@@H]2CC[C@H]2[C@@H]([C@H](C)CCC=C(C)C)CC[C@@]23C)C1(C)C. The molecule has 2 nitrogen and oxygen atoms in total. The van der Waals surface area contributed by atoms with Gasteiger partial charge in [0.1, 0.15) is 6.10 Å². The second-order valence-electron chi connectivity index (χ2n) is 14.7. The molecule has 4 aliphatic rings. The highest BCUT2D eigenvalue weighted by Crippen LogP contribution is 2.75. The lowest BCUT2D eigenvalue weighted by atomic mass is 9.35. The third-order valence-corrected chi connectivity index (χ3v) is 12.6.